The molecule has 33 heavy (non-hydrogen) atoms. The summed E-state index contributed by atoms with van der Waals surface area (Å²) >= 11 is 0. The fourth-order valence-corrected chi connectivity index (χ4v) is 3.03. The Balaban J connectivity index is 2.02. The molecular weight excluding hydrogens is 424 g/mol. The van der Waals surface area contributed by atoms with E-state index in [-0.39, 0.29) is 11.1 Å². The van der Waals surface area contributed by atoms with Crippen molar-refractivity contribution in [2.24, 2.45) is 11.5 Å². The van der Waals surface area contributed by atoms with Crippen molar-refractivity contribution in [3.05, 3.63) is 47.5 Å². The van der Waals surface area contributed by atoms with Crippen molar-refractivity contribution in [1.82, 2.24) is 0 Å². The molecule has 0 aromatic heterocycles. The summed E-state index contributed by atoms with van der Waals surface area (Å²) in [6.07, 6.45) is 5.63. The van der Waals surface area contributed by atoms with Crippen LogP contribution >= 0.6 is 0 Å². The summed E-state index contributed by atoms with van der Waals surface area (Å²) in [6.45, 7) is 3.47. The van der Waals surface area contributed by atoms with E-state index in [1.54, 1.807) is 6.07 Å². The molecule has 0 aliphatic carbocycles. The van der Waals surface area contributed by atoms with Gasteiger partial charge in [0.15, 0.2) is 0 Å². The minimum atomic E-state index is -0.585. The minimum Gasteiger partial charge on any atom is -0.494 e. The van der Waals surface area contributed by atoms with Gasteiger partial charge in [-0.1, -0.05) is 25.5 Å². The zero-order valence-corrected chi connectivity index (χ0v) is 18.9. The summed E-state index contributed by atoms with van der Waals surface area (Å²) in [5, 5.41) is 6.37. The van der Waals surface area contributed by atoms with E-state index in [1.807, 2.05) is 12.2 Å². The van der Waals surface area contributed by atoms with Gasteiger partial charge in [-0.05, 0) is 30.7 Å². The van der Waals surface area contributed by atoms with Crippen LogP contribution in [0.25, 0.3) is 0 Å². The number of ether oxygens (including phenoxy) is 2. The number of benzene rings is 2. The van der Waals surface area contributed by atoms with Gasteiger partial charge in [-0.3, -0.25) is 9.59 Å². The lowest BCUT2D eigenvalue weighted by atomic mass is 10.1. The molecule has 10 heteroatoms. The molecule has 0 radical (unpaired) electrons. The van der Waals surface area contributed by atoms with Crippen LogP contribution in [0.5, 0.6) is 11.5 Å². The first-order valence-electron chi connectivity index (χ1n) is 10.5. The van der Waals surface area contributed by atoms with Crippen LogP contribution in [-0.2, 0) is 0 Å². The molecule has 0 spiro atoms. The molecule has 10 N–H and O–H groups in total. The van der Waals surface area contributed by atoms with Gasteiger partial charge in [0.2, 0.25) is 11.8 Å². The second kappa shape index (κ2) is 12.1. The Kier molecular flexibility index (Phi) is 9.22. The molecule has 178 valence electrons. The standard InChI is InChI=1S/C23H32N6O4/c1-3-4-9-33-19-13-15(23(27)31)11-17(25)21(19)29-8-6-5-7-28-20-16(24)10-14(22(26)30)12-18(20)32-2/h5-6,10-13,28-29H,3-4,7-9,24-25H2,1-2H3,(H2,26,30)(H2,27,31)/b6-5+. The normalized spacial score (nSPS) is 10.7. The Hall–Kier alpha value is -4.08. The van der Waals surface area contributed by atoms with Crippen molar-refractivity contribution in [2.45, 2.75) is 19.8 Å². The van der Waals surface area contributed by atoms with Crippen LogP contribution in [0, 0.1) is 0 Å². The highest BCUT2D eigenvalue weighted by atomic mass is 16.5. The SMILES string of the molecule is CCCCOc1cc(C(N)=O)cc(N)c1NC/C=C/CNc1c(N)cc(C(N)=O)cc1OC. The molecule has 2 aromatic carbocycles. The van der Waals surface area contributed by atoms with Crippen LogP contribution in [0.3, 0.4) is 0 Å². The van der Waals surface area contributed by atoms with Gasteiger partial charge in [-0.2, -0.15) is 0 Å². The maximum Gasteiger partial charge on any atom is 0.248 e. The maximum absolute atomic E-state index is 11.5. The second-order valence-electron chi connectivity index (χ2n) is 7.25. The number of carbonyl (C=O) groups excluding carboxylic acids is 2. The Morgan fingerprint density at radius 1 is 0.879 bits per heavy atom. The zero-order chi connectivity index (χ0) is 24.4. The molecule has 0 saturated carbocycles. The number of nitrogen functional groups attached to an aromatic ring is 2. The highest BCUT2D eigenvalue weighted by Crippen LogP contribution is 2.33. The van der Waals surface area contributed by atoms with Gasteiger partial charge in [-0.15, -0.1) is 0 Å². The summed E-state index contributed by atoms with van der Waals surface area (Å²) in [5.41, 5.74) is 25.3. The quantitative estimate of drug-likeness (QED) is 0.151. The van der Waals surface area contributed by atoms with Crippen molar-refractivity contribution < 1.29 is 19.1 Å². The molecule has 0 aliphatic heterocycles. The molecule has 0 aliphatic rings. The number of methoxy groups -OCH3 is 1. The van der Waals surface area contributed by atoms with Crippen molar-refractivity contribution in [1.29, 1.82) is 0 Å². The van der Waals surface area contributed by atoms with E-state index in [9.17, 15) is 9.59 Å². The first-order valence-corrected chi connectivity index (χ1v) is 10.5. The van der Waals surface area contributed by atoms with Crippen LogP contribution < -0.4 is 43.0 Å². The van der Waals surface area contributed by atoms with Crippen molar-refractivity contribution in [3.63, 3.8) is 0 Å². The number of hydrogen-bond acceptors (Lipinski definition) is 8. The zero-order valence-electron chi connectivity index (χ0n) is 18.9. The number of nitrogens with two attached hydrogens (primary N) is 4. The molecule has 0 atom stereocenters. The number of rotatable bonds is 13. The smallest absolute Gasteiger partial charge is 0.248 e. The summed E-state index contributed by atoms with van der Waals surface area (Å²) in [4.78, 5) is 22.9. The Labute approximate surface area is 193 Å². The number of hydrogen-bond donors (Lipinski definition) is 6. The largest absolute Gasteiger partial charge is 0.494 e. The van der Waals surface area contributed by atoms with Gasteiger partial charge < -0.3 is 43.0 Å². The molecular formula is C23H32N6O4. The Morgan fingerprint density at radius 3 is 1.82 bits per heavy atom. The van der Waals surface area contributed by atoms with Gasteiger partial charge in [0.1, 0.15) is 22.9 Å². The van der Waals surface area contributed by atoms with Crippen molar-refractivity contribution in [2.75, 3.05) is 48.9 Å². The number of carbonyl (C=O) groups is 2. The summed E-state index contributed by atoms with van der Waals surface area (Å²) in [7, 11) is 1.48. The van der Waals surface area contributed by atoms with Crippen LogP contribution in [0.4, 0.5) is 22.7 Å². The fraction of sp³-hybridized carbons (Fsp3) is 0.304. The van der Waals surface area contributed by atoms with Gasteiger partial charge in [0.05, 0.1) is 25.1 Å². The number of amides is 2. The predicted molar refractivity (Wildman–Crippen MR) is 132 cm³/mol. The van der Waals surface area contributed by atoms with E-state index in [4.69, 9.17) is 32.4 Å². The van der Waals surface area contributed by atoms with Gasteiger partial charge in [0.25, 0.3) is 0 Å². The predicted octanol–water partition coefficient (Wildman–Crippen LogP) is 2.32. The second-order valence-corrected chi connectivity index (χ2v) is 7.25. The monoisotopic (exact) mass is 456 g/mol. The maximum atomic E-state index is 11.5. The van der Waals surface area contributed by atoms with Gasteiger partial charge in [-0.25, -0.2) is 0 Å². The lowest BCUT2D eigenvalue weighted by Gasteiger charge is -2.16. The number of primary amides is 2. The summed E-state index contributed by atoms with van der Waals surface area (Å²) in [6, 6.07) is 6.14. The Morgan fingerprint density at radius 2 is 1.36 bits per heavy atom. The van der Waals surface area contributed by atoms with E-state index >= 15 is 0 Å². The average Bonchev–Trinajstić information content (AvgIpc) is 2.77. The molecule has 0 saturated heterocycles. The third-order valence-electron chi connectivity index (χ3n) is 4.77. The van der Waals surface area contributed by atoms with Crippen molar-refractivity contribution in [3.8, 4) is 11.5 Å². The summed E-state index contributed by atoms with van der Waals surface area (Å²) in [5.74, 6) is -0.251. The molecule has 2 amide bonds. The number of nitrogens with one attached hydrogen (secondary N) is 2. The van der Waals surface area contributed by atoms with Gasteiger partial charge >= 0.3 is 0 Å². The fourth-order valence-electron chi connectivity index (χ4n) is 3.03. The third-order valence-corrected chi connectivity index (χ3v) is 4.77. The average molecular weight is 457 g/mol. The first-order chi connectivity index (χ1) is 15.8. The van der Waals surface area contributed by atoms with Crippen LogP contribution in [0.15, 0.2) is 36.4 Å². The van der Waals surface area contributed by atoms with Crippen LogP contribution in [0.1, 0.15) is 40.5 Å². The van der Waals surface area contributed by atoms with E-state index in [0.29, 0.717) is 53.9 Å². The molecule has 0 unspecified atom stereocenters. The van der Waals surface area contributed by atoms with E-state index in [0.717, 1.165) is 12.8 Å². The molecule has 0 bridgehead atoms. The van der Waals surface area contributed by atoms with Crippen LogP contribution in [0.2, 0.25) is 0 Å². The van der Waals surface area contributed by atoms with Crippen molar-refractivity contribution >= 4 is 34.6 Å². The number of unbranched alkanes of at least 4 members (excludes halogenated alkanes) is 1. The minimum absolute atomic E-state index is 0.270. The van der Waals surface area contributed by atoms with E-state index in [2.05, 4.69) is 17.6 Å². The van der Waals surface area contributed by atoms with E-state index < -0.39 is 11.8 Å². The van der Waals surface area contributed by atoms with Crippen LogP contribution in [-0.4, -0.2) is 38.6 Å². The number of anilines is 4. The highest BCUT2D eigenvalue weighted by molar-refractivity contribution is 5.97. The molecule has 2 rings (SSSR count). The molecule has 0 fully saturated rings. The first kappa shape index (κ1) is 25.2. The molecule has 2 aromatic rings. The lowest BCUT2D eigenvalue weighted by Crippen LogP contribution is -2.14. The third kappa shape index (κ3) is 6.96. The Bertz CT molecular complexity index is 1020. The van der Waals surface area contributed by atoms with Gasteiger partial charge in [0, 0.05) is 24.2 Å². The molecule has 10 nitrogen and oxygen atoms in total. The molecule has 0 heterocycles. The summed E-state index contributed by atoms with van der Waals surface area (Å²) < 4.78 is 11.1. The lowest BCUT2D eigenvalue weighted by molar-refractivity contribution is 0.0991. The highest BCUT2D eigenvalue weighted by Gasteiger charge is 2.13. The topological polar surface area (TPSA) is 181 Å². The van der Waals surface area contributed by atoms with E-state index in [1.165, 1.54) is 25.3 Å².